The van der Waals surface area contributed by atoms with Crippen LogP contribution in [0.25, 0.3) is 0 Å². The van der Waals surface area contributed by atoms with Crippen LogP contribution in [-0.2, 0) is 0 Å². The van der Waals surface area contributed by atoms with Gasteiger partial charge in [0.15, 0.2) is 0 Å². The predicted octanol–water partition coefficient (Wildman–Crippen LogP) is 2.71. The molecule has 0 bridgehead atoms. The van der Waals surface area contributed by atoms with Crippen molar-refractivity contribution in [1.82, 2.24) is 4.98 Å². The van der Waals surface area contributed by atoms with E-state index >= 15 is 0 Å². The Balaban J connectivity index is 2.18. The standard InChI is InChI=1S/C12H9ClFN3O/c13-9-6-8(1-2-10(9)14)17-12(18)11-5-7(15)3-4-16-11/h1-6H,(H2,15,16)(H,17,18). The van der Waals surface area contributed by atoms with E-state index in [2.05, 4.69) is 10.3 Å². The van der Waals surface area contributed by atoms with Gasteiger partial charge in [-0.1, -0.05) is 11.6 Å². The topological polar surface area (TPSA) is 68.0 Å². The van der Waals surface area contributed by atoms with Gasteiger partial charge in [-0.2, -0.15) is 0 Å². The number of nitrogens with one attached hydrogen (secondary N) is 1. The number of nitrogen functional groups attached to an aromatic ring is 1. The van der Waals surface area contributed by atoms with Gasteiger partial charge in [0.1, 0.15) is 11.5 Å². The minimum Gasteiger partial charge on any atom is -0.399 e. The van der Waals surface area contributed by atoms with Gasteiger partial charge in [0, 0.05) is 17.6 Å². The van der Waals surface area contributed by atoms with E-state index in [4.69, 9.17) is 17.3 Å². The van der Waals surface area contributed by atoms with Gasteiger partial charge in [-0.15, -0.1) is 0 Å². The molecule has 2 aromatic rings. The minimum atomic E-state index is -0.545. The van der Waals surface area contributed by atoms with Crippen molar-refractivity contribution in [2.75, 3.05) is 11.1 Å². The number of nitrogens with two attached hydrogens (primary N) is 1. The Kier molecular flexibility index (Phi) is 3.43. The summed E-state index contributed by atoms with van der Waals surface area (Å²) < 4.78 is 12.9. The van der Waals surface area contributed by atoms with E-state index in [9.17, 15) is 9.18 Å². The highest BCUT2D eigenvalue weighted by Gasteiger charge is 2.09. The molecule has 0 fully saturated rings. The van der Waals surface area contributed by atoms with Gasteiger partial charge in [-0.3, -0.25) is 9.78 Å². The van der Waals surface area contributed by atoms with Crippen molar-refractivity contribution >= 4 is 28.9 Å². The summed E-state index contributed by atoms with van der Waals surface area (Å²) in [6.07, 6.45) is 1.43. The molecule has 1 amide bonds. The first kappa shape index (κ1) is 12.3. The van der Waals surface area contributed by atoms with Crippen LogP contribution in [0.2, 0.25) is 5.02 Å². The Hall–Kier alpha value is -2.14. The van der Waals surface area contributed by atoms with Gasteiger partial charge in [-0.05, 0) is 30.3 Å². The van der Waals surface area contributed by atoms with E-state index in [0.29, 0.717) is 11.4 Å². The molecule has 0 saturated heterocycles. The van der Waals surface area contributed by atoms with Crippen molar-refractivity contribution in [3.8, 4) is 0 Å². The van der Waals surface area contributed by atoms with Gasteiger partial charge in [0.2, 0.25) is 0 Å². The third-order valence-corrected chi connectivity index (χ3v) is 2.48. The molecule has 92 valence electrons. The zero-order valence-corrected chi connectivity index (χ0v) is 9.91. The largest absolute Gasteiger partial charge is 0.399 e. The fraction of sp³-hybridized carbons (Fsp3) is 0. The van der Waals surface area contributed by atoms with E-state index in [1.165, 1.54) is 30.5 Å². The molecule has 0 aliphatic rings. The van der Waals surface area contributed by atoms with Crippen molar-refractivity contribution < 1.29 is 9.18 Å². The summed E-state index contributed by atoms with van der Waals surface area (Å²) in [5, 5.41) is 2.48. The molecule has 0 radical (unpaired) electrons. The van der Waals surface area contributed by atoms with Crippen molar-refractivity contribution in [2.45, 2.75) is 0 Å². The molecular weight excluding hydrogens is 257 g/mol. The molecule has 4 nitrogen and oxygen atoms in total. The average molecular weight is 266 g/mol. The quantitative estimate of drug-likeness (QED) is 0.877. The highest BCUT2D eigenvalue weighted by molar-refractivity contribution is 6.31. The summed E-state index contributed by atoms with van der Waals surface area (Å²) >= 11 is 5.61. The number of carbonyl (C=O) groups excluding carboxylic acids is 1. The number of benzene rings is 1. The number of rotatable bonds is 2. The second kappa shape index (κ2) is 5.01. The summed E-state index contributed by atoms with van der Waals surface area (Å²) in [6, 6.07) is 6.92. The third-order valence-electron chi connectivity index (χ3n) is 2.19. The molecule has 1 aromatic carbocycles. The average Bonchev–Trinajstić information content (AvgIpc) is 2.34. The van der Waals surface area contributed by atoms with Crippen LogP contribution in [0.5, 0.6) is 0 Å². The van der Waals surface area contributed by atoms with E-state index in [1.807, 2.05) is 0 Å². The predicted molar refractivity (Wildman–Crippen MR) is 68.0 cm³/mol. The van der Waals surface area contributed by atoms with Crippen molar-refractivity contribution in [1.29, 1.82) is 0 Å². The monoisotopic (exact) mass is 265 g/mol. The van der Waals surface area contributed by atoms with Crippen molar-refractivity contribution in [3.05, 3.63) is 53.1 Å². The zero-order valence-electron chi connectivity index (χ0n) is 9.15. The van der Waals surface area contributed by atoms with Gasteiger partial charge in [0.05, 0.1) is 5.02 Å². The van der Waals surface area contributed by atoms with Crippen molar-refractivity contribution in [2.24, 2.45) is 0 Å². The minimum absolute atomic E-state index is 0.0617. The first-order chi connectivity index (χ1) is 8.56. The maximum atomic E-state index is 12.9. The maximum Gasteiger partial charge on any atom is 0.274 e. The number of hydrogen-bond donors (Lipinski definition) is 2. The number of nitrogens with zero attached hydrogens (tertiary/aromatic N) is 1. The lowest BCUT2D eigenvalue weighted by molar-refractivity contribution is 0.102. The van der Waals surface area contributed by atoms with Crippen LogP contribution in [0.1, 0.15) is 10.5 Å². The Labute approximate surface area is 108 Å². The fourth-order valence-electron chi connectivity index (χ4n) is 1.34. The molecular formula is C12H9ClFN3O. The van der Waals surface area contributed by atoms with Gasteiger partial charge in [0.25, 0.3) is 5.91 Å². The molecule has 0 aliphatic heterocycles. The first-order valence-corrected chi connectivity index (χ1v) is 5.42. The van der Waals surface area contributed by atoms with E-state index < -0.39 is 11.7 Å². The highest BCUT2D eigenvalue weighted by atomic mass is 35.5. The lowest BCUT2D eigenvalue weighted by Gasteiger charge is -2.05. The molecule has 0 unspecified atom stereocenters. The number of halogens is 2. The molecule has 0 spiro atoms. The Morgan fingerprint density at radius 3 is 2.78 bits per heavy atom. The van der Waals surface area contributed by atoms with Crippen LogP contribution in [-0.4, -0.2) is 10.9 Å². The van der Waals surface area contributed by atoms with Crippen LogP contribution in [0.3, 0.4) is 0 Å². The Bertz CT molecular complexity index is 604. The number of carbonyl (C=O) groups is 1. The smallest absolute Gasteiger partial charge is 0.274 e. The second-order valence-corrected chi connectivity index (χ2v) is 3.96. The molecule has 6 heteroatoms. The van der Waals surface area contributed by atoms with Gasteiger partial charge >= 0.3 is 0 Å². The molecule has 3 N–H and O–H groups in total. The molecule has 0 aliphatic carbocycles. The van der Waals surface area contributed by atoms with E-state index in [-0.39, 0.29) is 10.7 Å². The fourth-order valence-corrected chi connectivity index (χ4v) is 1.52. The summed E-state index contributed by atoms with van der Waals surface area (Å²) in [7, 11) is 0. The summed E-state index contributed by atoms with van der Waals surface area (Å²) in [5.41, 5.74) is 6.54. The zero-order chi connectivity index (χ0) is 13.1. The van der Waals surface area contributed by atoms with Crippen LogP contribution in [0.15, 0.2) is 36.5 Å². The molecule has 18 heavy (non-hydrogen) atoms. The lowest BCUT2D eigenvalue weighted by atomic mass is 10.2. The number of aromatic nitrogens is 1. The first-order valence-electron chi connectivity index (χ1n) is 5.04. The van der Waals surface area contributed by atoms with Gasteiger partial charge in [-0.25, -0.2) is 4.39 Å². The number of hydrogen-bond acceptors (Lipinski definition) is 3. The Morgan fingerprint density at radius 1 is 1.33 bits per heavy atom. The molecule has 1 aromatic heterocycles. The summed E-state index contributed by atoms with van der Waals surface area (Å²) in [6.45, 7) is 0. The normalized spacial score (nSPS) is 10.1. The number of anilines is 2. The van der Waals surface area contributed by atoms with Crippen LogP contribution in [0, 0.1) is 5.82 Å². The van der Waals surface area contributed by atoms with E-state index in [0.717, 1.165) is 0 Å². The third kappa shape index (κ3) is 2.75. The van der Waals surface area contributed by atoms with Crippen molar-refractivity contribution in [3.63, 3.8) is 0 Å². The Morgan fingerprint density at radius 2 is 2.11 bits per heavy atom. The number of amides is 1. The van der Waals surface area contributed by atoms with Crippen LogP contribution in [0.4, 0.5) is 15.8 Å². The van der Waals surface area contributed by atoms with E-state index in [1.54, 1.807) is 6.07 Å². The second-order valence-electron chi connectivity index (χ2n) is 3.56. The van der Waals surface area contributed by atoms with Crippen LogP contribution >= 0.6 is 11.6 Å². The summed E-state index contributed by atoms with van der Waals surface area (Å²) in [4.78, 5) is 15.7. The molecule has 1 heterocycles. The molecule has 0 atom stereocenters. The SMILES string of the molecule is Nc1ccnc(C(=O)Nc2ccc(F)c(Cl)c2)c1. The van der Waals surface area contributed by atoms with Gasteiger partial charge < -0.3 is 11.1 Å². The number of pyridine rings is 1. The lowest BCUT2D eigenvalue weighted by Crippen LogP contribution is -2.13. The molecule has 2 rings (SSSR count). The highest BCUT2D eigenvalue weighted by Crippen LogP contribution is 2.19. The summed E-state index contributed by atoms with van der Waals surface area (Å²) in [5.74, 6) is -0.985. The molecule has 0 saturated carbocycles. The van der Waals surface area contributed by atoms with Crippen LogP contribution < -0.4 is 11.1 Å². The maximum absolute atomic E-state index is 12.9.